The number of esters is 1. The standard InChI is InChI=1S/C22H25FN2O6S/c1-22(2,3)31-18(27)6-4-5-9-32-16-11-13-12(10-14(16)23)20(29)25(21(13)30)15-7-8-17(26)24-19(15)28/h10-11,15H,4-9H2,1-3H3,(H,24,26,28). The average Bonchev–Trinajstić information content (AvgIpc) is 2.90. The van der Waals surface area contributed by atoms with E-state index in [1.54, 1.807) is 20.8 Å². The van der Waals surface area contributed by atoms with Crippen molar-refractivity contribution in [3.05, 3.63) is 29.1 Å². The lowest BCUT2D eigenvalue weighted by molar-refractivity contribution is -0.155. The third kappa shape index (κ3) is 5.35. The predicted molar refractivity (Wildman–Crippen MR) is 113 cm³/mol. The van der Waals surface area contributed by atoms with Crippen LogP contribution in [0.4, 0.5) is 4.39 Å². The molecular formula is C22H25FN2O6S. The van der Waals surface area contributed by atoms with Gasteiger partial charge in [-0.3, -0.25) is 34.2 Å². The molecule has 0 saturated carbocycles. The van der Waals surface area contributed by atoms with Crippen LogP contribution in [0.3, 0.4) is 0 Å². The number of thioether (sulfide) groups is 1. The Morgan fingerprint density at radius 3 is 2.44 bits per heavy atom. The number of benzene rings is 1. The molecule has 1 aromatic rings. The number of rotatable bonds is 7. The van der Waals surface area contributed by atoms with E-state index >= 15 is 0 Å². The first-order valence-corrected chi connectivity index (χ1v) is 11.4. The molecule has 32 heavy (non-hydrogen) atoms. The SMILES string of the molecule is CC(C)(C)OC(=O)CCCCSc1cc2c(cc1F)C(=O)N(C1CCC(=O)NC1=O)C2=O. The van der Waals surface area contributed by atoms with Gasteiger partial charge in [-0.15, -0.1) is 11.8 Å². The maximum Gasteiger partial charge on any atom is 0.306 e. The normalized spacial score (nSPS) is 18.6. The molecule has 1 N–H and O–H groups in total. The van der Waals surface area contributed by atoms with Crippen LogP contribution in [0.25, 0.3) is 0 Å². The summed E-state index contributed by atoms with van der Waals surface area (Å²) in [5.74, 6) is -3.00. The summed E-state index contributed by atoms with van der Waals surface area (Å²) in [7, 11) is 0. The molecule has 0 spiro atoms. The van der Waals surface area contributed by atoms with Crippen LogP contribution in [0.15, 0.2) is 17.0 Å². The van der Waals surface area contributed by atoms with E-state index in [2.05, 4.69) is 5.32 Å². The lowest BCUT2D eigenvalue weighted by atomic mass is 10.0. The van der Waals surface area contributed by atoms with Gasteiger partial charge in [-0.25, -0.2) is 4.39 Å². The molecule has 1 saturated heterocycles. The Labute approximate surface area is 189 Å². The average molecular weight is 465 g/mol. The van der Waals surface area contributed by atoms with E-state index in [0.29, 0.717) is 18.6 Å². The molecule has 3 rings (SSSR count). The van der Waals surface area contributed by atoms with Crippen molar-refractivity contribution >= 4 is 41.4 Å². The highest BCUT2D eigenvalue weighted by molar-refractivity contribution is 7.99. The summed E-state index contributed by atoms with van der Waals surface area (Å²) in [6.45, 7) is 5.39. The first-order valence-electron chi connectivity index (χ1n) is 10.4. The summed E-state index contributed by atoms with van der Waals surface area (Å²) in [4.78, 5) is 61.7. The number of hydrogen-bond donors (Lipinski definition) is 1. The van der Waals surface area contributed by atoms with Crippen LogP contribution < -0.4 is 5.32 Å². The number of fused-ring (bicyclic) bond motifs is 1. The lowest BCUT2D eigenvalue weighted by Gasteiger charge is -2.27. The van der Waals surface area contributed by atoms with Crippen molar-refractivity contribution in [2.24, 2.45) is 0 Å². The second-order valence-electron chi connectivity index (χ2n) is 8.67. The fraction of sp³-hybridized carbons (Fsp3) is 0.500. The van der Waals surface area contributed by atoms with Gasteiger partial charge in [-0.1, -0.05) is 0 Å². The second-order valence-corrected chi connectivity index (χ2v) is 9.80. The molecule has 0 radical (unpaired) electrons. The topological polar surface area (TPSA) is 110 Å². The quantitative estimate of drug-likeness (QED) is 0.286. The van der Waals surface area contributed by atoms with Crippen molar-refractivity contribution in [3.8, 4) is 0 Å². The van der Waals surface area contributed by atoms with Crippen molar-refractivity contribution in [1.82, 2.24) is 10.2 Å². The van der Waals surface area contributed by atoms with Gasteiger partial charge in [-0.2, -0.15) is 0 Å². The second kappa shape index (κ2) is 9.40. The number of nitrogens with zero attached hydrogens (tertiary/aromatic N) is 1. The number of amides is 4. The Bertz CT molecular complexity index is 987. The Morgan fingerprint density at radius 2 is 1.81 bits per heavy atom. The van der Waals surface area contributed by atoms with Crippen LogP contribution >= 0.6 is 11.8 Å². The molecule has 4 amide bonds. The van der Waals surface area contributed by atoms with E-state index in [1.807, 2.05) is 0 Å². The molecule has 0 aliphatic carbocycles. The molecule has 1 aromatic carbocycles. The van der Waals surface area contributed by atoms with Gasteiger partial charge in [0.15, 0.2) is 0 Å². The predicted octanol–water partition coefficient (Wildman–Crippen LogP) is 2.83. The molecule has 2 aliphatic rings. The Balaban J connectivity index is 1.61. The monoisotopic (exact) mass is 464 g/mol. The number of ether oxygens (including phenoxy) is 1. The fourth-order valence-corrected chi connectivity index (χ4v) is 4.49. The Morgan fingerprint density at radius 1 is 1.16 bits per heavy atom. The minimum absolute atomic E-state index is 0.0164. The van der Waals surface area contributed by atoms with Crippen LogP contribution in [0.5, 0.6) is 0 Å². The number of halogens is 1. The minimum Gasteiger partial charge on any atom is -0.460 e. The van der Waals surface area contributed by atoms with Gasteiger partial charge in [0.2, 0.25) is 11.8 Å². The molecule has 1 fully saturated rings. The van der Waals surface area contributed by atoms with Crippen LogP contribution in [-0.4, -0.2) is 51.9 Å². The zero-order valence-electron chi connectivity index (χ0n) is 18.2. The zero-order valence-corrected chi connectivity index (χ0v) is 19.0. The van der Waals surface area contributed by atoms with E-state index < -0.39 is 41.1 Å². The van der Waals surface area contributed by atoms with E-state index in [1.165, 1.54) is 17.8 Å². The summed E-state index contributed by atoms with van der Waals surface area (Å²) in [6, 6.07) is 1.26. The summed E-state index contributed by atoms with van der Waals surface area (Å²) in [5.41, 5.74) is -0.589. The van der Waals surface area contributed by atoms with Crippen molar-refractivity contribution < 1.29 is 33.1 Å². The van der Waals surface area contributed by atoms with E-state index in [9.17, 15) is 28.4 Å². The molecule has 2 aliphatic heterocycles. The molecule has 1 unspecified atom stereocenters. The maximum absolute atomic E-state index is 14.6. The van der Waals surface area contributed by atoms with E-state index in [4.69, 9.17) is 4.74 Å². The number of unbranched alkanes of at least 4 members (excludes halogenated alkanes) is 1. The molecule has 172 valence electrons. The third-order valence-corrected chi connectivity index (χ3v) is 6.06. The number of hydrogen-bond acceptors (Lipinski definition) is 7. The highest BCUT2D eigenvalue weighted by atomic mass is 32.2. The summed E-state index contributed by atoms with van der Waals surface area (Å²) >= 11 is 1.19. The highest BCUT2D eigenvalue weighted by Crippen LogP contribution is 2.33. The smallest absolute Gasteiger partial charge is 0.306 e. The van der Waals surface area contributed by atoms with Gasteiger partial charge in [-0.05, 0) is 57.9 Å². The highest BCUT2D eigenvalue weighted by Gasteiger charge is 2.45. The Kier molecular flexibility index (Phi) is 7.02. The summed E-state index contributed by atoms with van der Waals surface area (Å²) in [6.07, 6.45) is 1.53. The van der Waals surface area contributed by atoms with Crippen molar-refractivity contribution in [2.75, 3.05) is 5.75 Å². The molecule has 1 atom stereocenters. The van der Waals surface area contributed by atoms with E-state index in [-0.39, 0.29) is 41.3 Å². The molecule has 0 bridgehead atoms. The molecule has 0 aromatic heterocycles. The molecular weight excluding hydrogens is 439 g/mol. The maximum atomic E-state index is 14.6. The number of piperidine rings is 1. The van der Waals surface area contributed by atoms with Crippen molar-refractivity contribution in [1.29, 1.82) is 0 Å². The summed E-state index contributed by atoms with van der Waals surface area (Å²) in [5, 5.41) is 2.12. The van der Waals surface area contributed by atoms with Crippen LogP contribution in [0.2, 0.25) is 0 Å². The van der Waals surface area contributed by atoms with Gasteiger partial charge < -0.3 is 4.74 Å². The van der Waals surface area contributed by atoms with Gasteiger partial charge >= 0.3 is 5.97 Å². The number of imide groups is 2. The zero-order chi connectivity index (χ0) is 23.6. The Hall–Kier alpha value is -2.75. The van der Waals surface area contributed by atoms with Crippen molar-refractivity contribution in [2.45, 2.75) is 69.4 Å². The van der Waals surface area contributed by atoms with Gasteiger partial charge in [0, 0.05) is 17.7 Å². The van der Waals surface area contributed by atoms with Gasteiger partial charge in [0.05, 0.1) is 11.1 Å². The van der Waals surface area contributed by atoms with Crippen LogP contribution in [0, 0.1) is 5.82 Å². The van der Waals surface area contributed by atoms with E-state index in [0.717, 1.165) is 11.0 Å². The first-order chi connectivity index (χ1) is 15.0. The third-order valence-electron chi connectivity index (χ3n) is 4.95. The van der Waals surface area contributed by atoms with Crippen LogP contribution in [0.1, 0.15) is 73.6 Å². The first kappa shape index (κ1) is 23.9. The molecule has 2 heterocycles. The molecule has 8 nitrogen and oxygen atoms in total. The minimum atomic E-state index is -1.09. The number of carbonyl (C=O) groups is 5. The number of carbonyl (C=O) groups excluding carboxylic acids is 5. The van der Waals surface area contributed by atoms with Crippen molar-refractivity contribution in [3.63, 3.8) is 0 Å². The van der Waals surface area contributed by atoms with Gasteiger partial charge in [0.1, 0.15) is 17.5 Å². The van der Waals surface area contributed by atoms with Crippen LogP contribution in [-0.2, 0) is 19.1 Å². The largest absolute Gasteiger partial charge is 0.460 e. The number of nitrogens with one attached hydrogen (secondary N) is 1. The fourth-order valence-electron chi connectivity index (χ4n) is 3.53. The molecule has 10 heteroatoms. The summed E-state index contributed by atoms with van der Waals surface area (Å²) < 4.78 is 19.8. The lowest BCUT2D eigenvalue weighted by Crippen LogP contribution is -2.54. The van der Waals surface area contributed by atoms with Gasteiger partial charge in [0.25, 0.3) is 11.8 Å².